The second-order valence-electron chi connectivity index (χ2n) is 7.09. The van der Waals surface area contributed by atoms with Crippen LogP contribution in [-0.2, 0) is 0 Å². The van der Waals surface area contributed by atoms with Crippen LogP contribution in [0.3, 0.4) is 0 Å². The van der Waals surface area contributed by atoms with Crippen molar-refractivity contribution in [2.45, 2.75) is 26.3 Å². The molecule has 4 aromatic rings. The minimum atomic E-state index is -0.254. The minimum Gasteiger partial charge on any atom is -0.492 e. The van der Waals surface area contributed by atoms with Gasteiger partial charge < -0.3 is 4.74 Å². The molecule has 0 radical (unpaired) electrons. The Labute approximate surface area is 187 Å². The lowest BCUT2D eigenvalue weighted by atomic mass is 10.2. The molecule has 0 aliphatic heterocycles. The SMILES string of the molecule is CCCSNC(C)COc1ccc2c(cnn2-c2ccc(F)cc2)c1.c1ccccc1. The van der Waals surface area contributed by atoms with Crippen molar-refractivity contribution in [2.24, 2.45) is 0 Å². The quantitative estimate of drug-likeness (QED) is 0.261. The summed E-state index contributed by atoms with van der Waals surface area (Å²) in [5.74, 6) is 1.66. The van der Waals surface area contributed by atoms with Crippen LogP contribution in [0.2, 0.25) is 0 Å². The highest BCUT2D eigenvalue weighted by atomic mass is 32.2. The van der Waals surface area contributed by atoms with Crippen LogP contribution in [-0.4, -0.2) is 28.2 Å². The summed E-state index contributed by atoms with van der Waals surface area (Å²) in [5, 5.41) is 5.39. The van der Waals surface area contributed by atoms with Crippen LogP contribution >= 0.6 is 11.9 Å². The van der Waals surface area contributed by atoms with Crippen LogP contribution in [0, 0.1) is 5.82 Å². The number of nitrogens with zero attached hydrogens (tertiary/aromatic N) is 2. The highest BCUT2D eigenvalue weighted by Crippen LogP contribution is 2.23. The Morgan fingerprint density at radius 2 is 1.71 bits per heavy atom. The molecule has 0 amide bonds. The van der Waals surface area contributed by atoms with Crippen molar-refractivity contribution in [3.05, 3.63) is 90.9 Å². The summed E-state index contributed by atoms with van der Waals surface area (Å²) < 4.78 is 24.1. The Hall–Kier alpha value is -2.83. The van der Waals surface area contributed by atoms with Gasteiger partial charge in [0.1, 0.15) is 18.2 Å². The Balaban J connectivity index is 0.000000391. The molecule has 3 aromatic carbocycles. The summed E-state index contributed by atoms with van der Waals surface area (Å²) in [5.41, 5.74) is 1.79. The molecule has 0 saturated carbocycles. The molecule has 0 bridgehead atoms. The normalized spacial score (nSPS) is 11.6. The first kappa shape index (κ1) is 22.8. The summed E-state index contributed by atoms with van der Waals surface area (Å²) in [7, 11) is 0. The van der Waals surface area contributed by atoms with E-state index in [0.29, 0.717) is 6.61 Å². The predicted octanol–water partition coefficient (Wildman–Crippen LogP) is 6.27. The molecule has 1 heterocycles. The van der Waals surface area contributed by atoms with Crippen molar-refractivity contribution in [3.63, 3.8) is 0 Å². The molecule has 1 N–H and O–H groups in total. The summed E-state index contributed by atoms with van der Waals surface area (Å²) >= 11 is 1.73. The van der Waals surface area contributed by atoms with Crippen LogP contribution in [0.25, 0.3) is 16.6 Å². The van der Waals surface area contributed by atoms with E-state index in [1.807, 2.05) is 54.6 Å². The first-order chi connectivity index (χ1) is 15.2. The van der Waals surface area contributed by atoms with Gasteiger partial charge in [-0.1, -0.05) is 55.3 Å². The molecule has 0 aliphatic carbocycles. The number of nitrogens with one attached hydrogen (secondary N) is 1. The topological polar surface area (TPSA) is 39.1 Å². The number of hydrogen-bond acceptors (Lipinski definition) is 4. The van der Waals surface area contributed by atoms with Crippen LogP contribution in [0.1, 0.15) is 20.3 Å². The van der Waals surface area contributed by atoms with Gasteiger partial charge in [0.05, 0.1) is 17.4 Å². The van der Waals surface area contributed by atoms with Crippen LogP contribution < -0.4 is 9.46 Å². The van der Waals surface area contributed by atoms with Gasteiger partial charge in [0.15, 0.2) is 0 Å². The number of aromatic nitrogens is 2. The first-order valence-corrected chi connectivity index (χ1v) is 11.4. The fourth-order valence-electron chi connectivity index (χ4n) is 2.83. The molecule has 0 spiro atoms. The van der Waals surface area contributed by atoms with Crippen molar-refractivity contribution in [1.29, 1.82) is 0 Å². The van der Waals surface area contributed by atoms with Crippen molar-refractivity contribution in [2.75, 3.05) is 12.4 Å². The van der Waals surface area contributed by atoms with E-state index in [4.69, 9.17) is 4.74 Å². The second-order valence-corrected chi connectivity index (χ2v) is 8.02. The van der Waals surface area contributed by atoms with Crippen molar-refractivity contribution < 1.29 is 9.13 Å². The van der Waals surface area contributed by atoms with E-state index < -0.39 is 0 Å². The average Bonchev–Trinajstić information content (AvgIpc) is 3.23. The van der Waals surface area contributed by atoms with Crippen LogP contribution in [0.4, 0.5) is 4.39 Å². The Morgan fingerprint density at radius 3 is 2.35 bits per heavy atom. The number of hydrogen-bond donors (Lipinski definition) is 1. The van der Waals surface area contributed by atoms with Crippen molar-refractivity contribution in [3.8, 4) is 11.4 Å². The van der Waals surface area contributed by atoms with Crippen molar-refractivity contribution >= 4 is 22.9 Å². The Kier molecular flexibility index (Phi) is 8.94. The lowest BCUT2D eigenvalue weighted by Gasteiger charge is -2.14. The van der Waals surface area contributed by atoms with E-state index in [9.17, 15) is 4.39 Å². The molecule has 0 fully saturated rings. The largest absolute Gasteiger partial charge is 0.492 e. The number of benzene rings is 3. The molecular weight excluding hydrogens is 409 g/mol. The second kappa shape index (κ2) is 12.1. The maximum atomic E-state index is 13.1. The highest BCUT2D eigenvalue weighted by Gasteiger charge is 2.08. The maximum Gasteiger partial charge on any atom is 0.123 e. The van der Waals surface area contributed by atoms with Gasteiger partial charge in [-0.05, 0) is 55.8 Å². The number of halogens is 1. The van der Waals surface area contributed by atoms with Gasteiger partial charge in [0.25, 0.3) is 0 Å². The van der Waals surface area contributed by atoms with Gasteiger partial charge in [-0.25, -0.2) is 9.07 Å². The van der Waals surface area contributed by atoms with Crippen LogP contribution in [0.15, 0.2) is 85.1 Å². The number of rotatable bonds is 8. The van der Waals surface area contributed by atoms with Crippen LogP contribution in [0.5, 0.6) is 5.75 Å². The predicted molar refractivity (Wildman–Crippen MR) is 128 cm³/mol. The zero-order valence-corrected chi connectivity index (χ0v) is 18.7. The van der Waals surface area contributed by atoms with E-state index in [-0.39, 0.29) is 11.9 Å². The molecule has 1 aromatic heterocycles. The minimum absolute atomic E-state index is 0.254. The van der Waals surface area contributed by atoms with E-state index in [1.54, 1.807) is 35.0 Å². The van der Waals surface area contributed by atoms with Gasteiger partial charge in [0.2, 0.25) is 0 Å². The molecule has 1 unspecified atom stereocenters. The van der Waals surface area contributed by atoms with Gasteiger partial charge in [0, 0.05) is 17.2 Å². The molecule has 4 rings (SSSR count). The molecule has 6 heteroatoms. The van der Waals surface area contributed by atoms with E-state index in [0.717, 1.165) is 34.5 Å². The fraction of sp³-hybridized carbons (Fsp3) is 0.240. The summed E-state index contributed by atoms with van der Waals surface area (Å²) in [6, 6.07) is 24.5. The van der Waals surface area contributed by atoms with Gasteiger partial charge in [-0.3, -0.25) is 4.72 Å². The smallest absolute Gasteiger partial charge is 0.123 e. The first-order valence-electron chi connectivity index (χ1n) is 10.4. The summed E-state index contributed by atoms with van der Waals surface area (Å²) in [6.45, 7) is 4.87. The molecule has 4 nitrogen and oxygen atoms in total. The number of fused-ring (bicyclic) bond motifs is 1. The Morgan fingerprint density at radius 1 is 1.03 bits per heavy atom. The highest BCUT2D eigenvalue weighted by molar-refractivity contribution is 7.97. The fourth-order valence-corrected chi connectivity index (χ4v) is 3.51. The third kappa shape index (κ3) is 7.12. The van der Waals surface area contributed by atoms with E-state index in [2.05, 4.69) is 23.7 Å². The zero-order valence-electron chi connectivity index (χ0n) is 17.9. The summed E-state index contributed by atoms with van der Waals surface area (Å²) in [4.78, 5) is 0. The third-order valence-corrected chi connectivity index (χ3v) is 5.55. The maximum absolute atomic E-state index is 13.1. The average molecular weight is 438 g/mol. The zero-order chi connectivity index (χ0) is 21.9. The standard InChI is InChI=1S/C19H22FN3OS.C6H6/c1-3-10-25-22-14(2)13-24-18-8-9-19-15(11-18)12-21-23(19)17-6-4-16(20)5-7-17;1-2-4-6-5-3-1/h4-9,11-12,14,22H,3,10,13H2,1-2H3;1-6H. The van der Waals surface area contributed by atoms with Crippen molar-refractivity contribution in [1.82, 2.24) is 14.5 Å². The van der Waals surface area contributed by atoms with E-state index in [1.165, 1.54) is 12.1 Å². The molecular formula is C25H28FN3OS. The molecule has 31 heavy (non-hydrogen) atoms. The van der Waals surface area contributed by atoms with Gasteiger partial charge in [-0.15, -0.1) is 0 Å². The molecule has 162 valence electrons. The third-order valence-electron chi connectivity index (χ3n) is 4.37. The van der Waals surface area contributed by atoms with Gasteiger partial charge >= 0.3 is 0 Å². The number of ether oxygens (including phenoxy) is 1. The monoisotopic (exact) mass is 437 g/mol. The molecule has 0 saturated heterocycles. The summed E-state index contributed by atoms with van der Waals surface area (Å²) in [6.07, 6.45) is 2.95. The van der Waals surface area contributed by atoms with E-state index >= 15 is 0 Å². The Bertz CT molecular complexity index is 1010. The lowest BCUT2D eigenvalue weighted by molar-refractivity contribution is 0.290. The molecule has 0 aliphatic rings. The van der Waals surface area contributed by atoms with Gasteiger partial charge in [-0.2, -0.15) is 5.10 Å². The molecule has 1 atom stereocenters. The lowest BCUT2D eigenvalue weighted by Crippen LogP contribution is -2.26.